The van der Waals surface area contributed by atoms with Crippen LogP contribution in [-0.2, 0) is 14.8 Å². The fraction of sp³-hybridized carbons (Fsp3) is 0.688. The molecule has 3 heterocycles. The second-order valence-corrected chi connectivity index (χ2v) is 8.66. The Morgan fingerprint density at radius 2 is 1.96 bits per heavy atom. The van der Waals surface area contributed by atoms with Gasteiger partial charge in [0.15, 0.2) is 0 Å². The number of sulfonamides is 1. The van der Waals surface area contributed by atoms with Gasteiger partial charge in [-0.2, -0.15) is 4.31 Å². The molecular formula is C16H24N2O4S. The van der Waals surface area contributed by atoms with E-state index in [9.17, 15) is 13.2 Å². The van der Waals surface area contributed by atoms with Crippen molar-refractivity contribution >= 4 is 15.9 Å². The molecule has 0 radical (unpaired) electrons. The first kappa shape index (κ1) is 16.5. The highest BCUT2D eigenvalue weighted by molar-refractivity contribution is 7.89. The zero-order valence-electron chi connectivity index (χ0n) is 13.7. The summed E-state index contributed by atoms with van der Waals surface area (Å²) >= 11 is 0. The van der Waals surface area contributed by atoms with Gasteiger partial charge in [0, 0.05) is 26.6 Å². The molecule has 2 aliphatic rings. The van der Waals surface area contributed by atoms with Crippen molar-refractivity contribution in [1.82, 2.24) is 9.21 Å². The third-order valence-corrected chi connectivity index (χ3v) is 7.18. The Morgan fingerprint density at radius 1 is 1.22 bits per heavy atom. The minimum absolute atomic E-state index is 0.0514. The highest BCUT2D eigenvalue weighted by Crippen LogP contribution is 2.37. The Bertz CT molecular complexity index is 682. The van der Waals surface area contributed by atoms with Crippen LogP contribution in [0.2, 0.25) is 0 Å². The van der Waals surface area contributed by atoms with Gasteiger partial charge in [-0.3, -0.25) is 4.79 Å². The average molecular weight is 340 g/mol. The quantitative estimate of drug-likeness (QED) is 0.844. The summed E-state index contributed by atoms with van der Waals surface area (Å²) in [6.45, 7) is 4.85. The van der Waals surface area contributed by atoms with Crippen LogP contribution in [0.1, 0.15) is 50.2 Å². The number of nitrogens with zero attached hydrogens (tertiary/aromatic N) is 2. The zero-order valence-corrected chi connectivity index (χ0v) is 14.5. The van der Waals surface area contributed by atoms with Crippen LogP contribution < -0.4 is 0 Å². The van der Waals surface area contributed by atoms with Gasteiger partial charge < -0.3 is 9.32 Å². The molecule has 128 valence electrons. The molecule has 0 spiro atoms. The molecule has 2 saturated heterocycles. The van der Waals surface area contributed by atoms with Crippen LogP contribution >= 0.6 is 0 Å². The van der Waals surface area contributed by atoms with Gasteiger partial charge in [-0.1, -0.05) is 0 Å². The fourth-order valence-electron chi connectivity index (χ4n) is 3.62. The minimum atomic E-state index is -3.44. The molecule has 0 saturated carbocycles. The lowest BCUT2D eigenvalue weighted by Gasteiger charge is -2.35. The van der Waals surface area contributed by atoms with Crippen LogP contribution in [0.15, 0.2) is 16.5 Å². The Hall–Kier alpha value is -1.34. The molecular weight excluding hydrogens is 316 g/mol. The van der Waals surface area contributed by atoms with E-state index in [1.54, 1.807) is 9.21 Å². The Labute approximate surface area is 137 Å². The third kappa shape index (κ3) is 3.17. The Balaban J connectivity index is 1.82. The van der Waals surface area contributed by atoms with Crippen molar-refractivity contribution < 1.29 is 17.6 Å². The summed E-state index contributed by atoms with van der Waals surface area (Å²) in [5, 5.41) is -0.503. The molecule has 1 aromatic rings. The molecule has 0 bridgehead atoms. The number of rotatable bonds is 3. The molecule has 23 heavy (non-hydrogen) atoms. The van der Waals surface area contributed by atoms with Crippen LogP contribution in [0.5, 0.6) is 0 Å². The van der Waals surface area contributed by atoms with Crippen molar-refractivity contribution in [1.29, 1.82) is 0 Å². The van der Waals surface area contributed by atoms with Gasteiger partial charge in [-0.25, -0.2) is 8.42 Å². The van der Waals surface area contributed by atoms with E-state index in [2.05, 4.69) is 0 Å². The van der Waals surface area contributed by atoms with Gasteiger partial charge in [0.1, 0.15) is 11.5 Å². The van der Waals surface area contributed by atoms with Crippen LogP contribution in [0.3, 0.4) is 0 Å². The number of hydrogen-bond acceptors (Lipinski definition) is 4. The molecule has 0 aromatic carbocycles. The van der Waals surface area contributed by atoms with Gasteiger partial charge in [0.2, 0.25) is 15.9 Å². The van der Waals surface area contributed by atoms with Crippen molar-refractivity contribution in [3.8, 4) is 0 Å². The summed E-state index contributed by atoms with van der Waals surface area (Å²) in [5.41, 5.74) is 0. The maximum atomic E-state index is 13.1. The van der Waals surface area contributed by atoms with E-state index >= 15 is 0 Å². The average Bonchev–Trinajstić information content (AvgIpc) is 3.16. The second kappa shape index (κ2) is 6.28. The van der Waals surface area contributed by atoms with Crippen LogP contribution in [0, 0.1) is 6.92 Å². The lowest BCUT2D eigenvalue weighted by atomic mass is 10.1. The van der Waals surface area contributed by atoms with Crippen molar-refractivity contribution in [3.05, 3.63) is 23.7 Å². The third-order valence-electron chi connectivity index (χ3n) is 4.86. The second-order valence-electron chi connectivity index (χ2n) is 6.49. The smallest absolute Gasteiger partial charge is 0.219 e. The molecule has 0 N–H and O–H groups in total. The van der Waals surface area contributed by atoms with Crippen molar-refractivity contribution in [3.63, 3.8) is 0 Å². The normalized spacial score (nSPS) is 26.6. The topological polar surface area (TPSA) is 70.8 Å². The first-order chi connectivity index (χ1) is 10.9. The molecule has 2 fully saturated rings. The largest absolute Gasteiger partial charge is 0.465 e. The fourth-order valence-corrected chi connectivity index (χ4v) is 5.78. The van der Waals surface area contributed by atoms with Gasteiger partial charge >= 0.3 is 0 Å². The monoisotopic (exact) mass is 340 g/mol. The molecule has 1 aromatic heterocycles. The molecule has 1 amide bonds. The number of amides is 1. The molecule has 7 heteroatoms. The number of likely N-dealkylation sites (tertiary alicyclic amines) is 1. The van der Waals surface area contributed by atoms with E-state index in [1.165, 1.54) is 6.92 Å². The summed E-state index contributed by atoms with van der Waals surface area (Å²) in [6, 6.07) is 3.54. The molecule has 0 aliphatic carbocycles. The van der Waals surface area contributed by atoms with Crippen molar-refractivity contribution in [2.75, 3.05) is 19.6 Å². The predicted octanol–water partition coefficient (Wildman–Crippen LogP) is 2.07. The van der Waals surface area contributed by atoms with Gasteiger partial charge in [0.25, 0.3) is 0 Å². The number of hydrogen-bond donors (Lipinski definition) is 0. The SMILES string of the molecule is CC(=O)N1CCC[C@@H](S(=O)(=O)N2CCC[C@H]2c2ccc(C)o2)C1. The molecule has 2 aliphatic heterocycles. The zero-order chi connectivity index (χ0) is 16.6. The molecule has 3 rings (SSSR count). The highest BCUT2D eigenvalue weighted by atomic mass is 32.2. The minimum Gasteiger partial charge on any atom is -0.465 e. The molecule has 2 atom stereocenters. The molecule has 6 nitrogen and oxygen atoms in total. The van der Waals surface area contributed by atoms with E-state index in [4.69, 9.17) is 4.42 Å². The van der Waals surface area contributed by atoms with Crippen LogP contribution in [0.25, 0.3) is 0 Å². The first-order valence-corrected chi connectivity index (χ1v) is 9.72. The van der Waals surface area contributed by atoms with Gasteiger partial charge in [0.05, 0.1) is 11.3 Å². The lowest BCUT2D eigenvalue weighted by Crippen LogP contribution is -2.48. The number of aryl methyl sites for hydroxylation is 1. The lowest BCUT2D eigenvalue weighted by molar-refractivity contribution is -0.129. The number of furan rings is 1. The Kier molecular flexibility index (Phi) is 4.51. The maximum Gasteiger partial charge on any atom is 0.219 e. The number of carbonyl (C=O) groups is 1. The maximum absolute atomic E-state index is 13.1. The van der Waals surface area contributed by atoms with E-state index < -0.39 is 15.3 Å². The predicted molar refractivity (Wildman–Crippen MR) is 86.3 cm³/mol. The first-order valence-electron chi connectivity index (χ1n) is 8.22. The van der Waals surface area contributed by atoms with Gasteiger partial charge in [-0.15, -0.1) is 0 Å². The van der Waals surface area contributed by atoms with E-state index in [-0.39, 0.29) is 11.9 Å². The van der Waals surface area contributed by atoms with Gasteiger partial charge in [-0.05, 0) is 44.7 Å². The number of piperidine rings is 1. The highest BCUT2D eigenvalue weighted by Gasteiger charge is 2.42. The van der Waals surface area contributed by atoms with E-state index in [1.807, 2.05) is 19.1 Å². The Morgan fingerprint density at radius 3 is 2.61 bits per heavy atom. The summed E-state index contributed by atoms with van der Waals surface area (Å²) in [4.78, 5) is 13.2. The van der Waals surface area contributed by atoms with Crippen LogP contribution in [0.4, 0.5) is 0 Å². The standard InChI is InChI=1S/C16H24N2O4S/c1-12-7-8-16(22-12)15-6-4-10-18(15)23(20,21)14-5-3-9-17(11-14)13(2)19/h7-8,14-15H,3-6,9-11H2,1-2H3/t14-,15+/m1/s1. The van der Waals surface area contributed by atoms with Crippen molar-refractivity contribution in [2.24, 2.45) is 0 Å². The molecule has 0 unspecified atom stereocenters. The summed E-state index contributed by atoms with van der Waals surface area (Å²) in [6.07, 6.45) is 2.98. The summed E-state index contributed by atoms with van der Waals surface area (Å²) in [5.74, 6) is 1.47. The number of carbonyl (C=O) groups excluding carboxylic acids is 1. The summed E-state index contributed by atoms with van der Waals surface area (Å²) < 4.78 is 33.5. The van der Waals surface area contributed by atoms with E-state index in [0.717, 1.165) is 30.8 Å². The van der Waals surface area contributed by atoms with Crippen LogP contribution in [-0.4, -0.2) is 48.4 Å². The van der Waals surface area contributed by atoms with Crippen molar-refractivity contribution in [2.45, 2.75) is 50.8 Å². The summed E-state index contributed by atoms with van der Waals surface area (Å²) in [7, 11) is -3.44. The van der Waals surface area contributed by atoms with E-state index in [0.29, 0.717) is 26.1 Å².